The van der Waals surface area contributed by atoms with Gasteiger partial charge in [-0.25, -0.2) is 4.79 Å². The third-order valence-electron chi connectivity index (χ3n) is 4.29. The molecule has 0 aliphatic heterocycles. The Morgan fingerprint density at radius 2 is 1.45 bits per heavy atom. The molecular formula is C25H23NO5. The summed E-state index contributed by atoms with van der Waals surface area (Å²) in [6.07, 6.45) is 3.01. The second kappa shape index (κ2) is 10.6. The molecule has 1 N–H and O–H groups in total. The van der Waals surface area contributed by atoms with Crippen molar-refractivity contribution in [3.63, 3.8) is 0 Å². The molecule has 158 valence electrons. The zero-order valence-corrected chi connectivity index (χ0v) is 17.3. The summed E-state index contributed by atoms with van der Waals surface area (Å²) >= 11 is 0. The van der Waals surface area contributed by atoms with Crippen molar-refractivity contribution in [3.05, 3.63) is 90.0 Å². The molecule has 0 saturated carbocycles. The van der Waals surface area contributed by atoms with E-state index in [1.165, 1.54) is 6.08 Å². The van der Waals surface area contributed by atoms with E-state index in [-0.39, 0.29) is 5.91 Å². The van der Waals surface area contributed by atoms with Gasteiger partial charge < -0.3 is 19.5 Å². The first-order valence-corrected chi connectivity index (χ1v) is 9.75. The highest BCUT2D eigenvalue weighted by Crippen LogP contribution is 2.18. The van der Waals surface area contributed by atoms with Gasteiger partial charge in [0.05, 0.1) is 13.7 Å². The molecule has 6 heteroatoms. The fourth-order valence-corrected chi connectivity index (χ4v) is 2.71. The average Bonchev–Trinajstić information content (AvgIpc) is 2.80. The van der Waals surface area contributed by atoms with Gasteiger partial charge in [-0.2, -0.15) is 0 Å². The van der Waals surface area contributed by atoms with Crippen molar-refractivity contribution in [2.45, 2.75) is 6.92 Å². The van der Waals surface area contributed by atoms with Crippen LogP contribution in [0, 0.1) is 0 Å². The predicted octanol–water partition coefficient (Wildman–Crippen LogP) is 4.97. The van der Waals surface area contributed by atoms with Gasteiger partial charge in [0, 0.05) is 17.3 Å². The van der Waals surface area contributed by atoms with Gasteiger partial charge in [0.25, 0.3) is 5.91 Å². The van der Waals surface area contributed by atoms with Gasteiger partial charge in [-0.3, -0.25) is 4.79 Å². The van der Waals surface area contributed by atoms with Crippen LogP contribution in [0.25, 0.3) is 6.08 Å². The molecule has 0 unspecified atom stereocenters. The fourth-order valence-electron chi connectivity index (χ4n) is 2.71. The van der Waals surface area contributed by atoms with Crippen molar-refractivity contribution in [1.29, 1.82) is 0 Å². The summed E-state index contributed by atoms with van der Waals surface area (Å²) in [6.45, 7) is 2.52. The van der Waals surface area contributed by atoms with Crippen molar-refractivity contribution in [3.8, 4) is 17.2 Å². The van der Waals surface area contributed by atoms with Crippen LogP contribution in [0.4, 0.5) is 5.69 Å². The number of nitrogens with one attached hydrogen (secondary N) is 1. The number of ether oxygens (including phenoxy) is 3. The maximum Gasteiger partial charge on any atom is 0.336 e. The SMILES string of the molecule is CCOc1ccc(/C=C/C(=O)Oc2ccc(C(=O)Nc3ccc(OC)cc3)cc2)cc1. The number of carbonyl (C=O) groups excluding carboxylic acids is 2. The summed E-state index contributed by atoms with van der Waals surface area (Å²) < 4.78 is 15.8. The van der Waals surface area contributed by atoms with Crippen LogP contribution in [0.3, 0.4) is 0 Å². The molecule has 0 aliphatic rings. The second-order valence-electron chi connectivity index (χ2n) is 6.46. The number of carbonyl (C=O) groups is 2. The Kier molecular flexibility index (Phi) is 7.43. The van der Waals surface area contributed by atoms with E-state index >= 15 is 0 Å². The molecule has 0 bridgehead atoms. The van der Waals surface area contributed by atoms with E-state index in [0.29, 0.717) is 29.4 Å². The van der Waals surface area contributed by atoms with E-state index in [9.17, 15) is 9.59 Å². The zero-order chi connectivity index (χ0) is 22.1. The van der Waals surface area contributed by atoms with Gasteiger partial charge in [-0.1, -0.05) is 12.1 Å². The summed E-state index contributed by atoms with van der Waals surface area (Å²) in [4.78, 5) is 24.4. The smallest absolute Gasteiger partial charge is 0.336 e. The lowest BCUT2D eigenvalue weighted by Gasteiger charge is -2.07. The maximum absolute atomic E-state index is 12.4. The monoisotopic (exact) mass is 417 g/mol. The van der Waals surface area contributed by atoms with Gasteiger partial charge in [0.2, 0.25) is 0 Å². The topological polar surface area (TPSA) is 73.9 Å². The minimum absolute atomic E-state index is 0.265. The summed E-state index contributed by atoms with van der Waals surface area (Å²) in [6, 6.07) is 20.8. The normalized spacial score (nSPS) is 10.5. The van der Waals surface area contributed by atoms with Crippen LogP contribution < -0.4 is 19.5 Å². The van der Waals surface area contributed by atoms with E-state index in [4.69, 9.17) is 14.2 Å². The molecule has 6 nitrogen and oxygen atoms in total. The third kappa shape index (κ3) is 6.47. The second-order valence-corrected chi connectivity index (χ2v) is 6.46. The molecule has 0 saturated heterocycles. The van der Waals surface area contributed by atoms with E-state index in [1.807, 2.05) is 31.2 Å². The van der Waals surface area contributed by atoms with E-state index < -0.39 is 5.97 Å². The molecule has 0 fully saturated rings. The molecular weight excluding hydrogens is 394 g/mol. The molecule has 0 aliphatic carbocycles. The molecule has 3 aromatic carbocycles. The lowest BCUT2D eigenvalue weighted by atomic mass is 10.2. The number of hydrogen-bond acceptors (Lipinski definition) is 5. The third-order valence-corrected chi connectivity index (χ3v) is 4.29. The predicted molar refractivity (Wildman–Crippen MR) is 120 cm³/mol. The quantitative estimate of drug-likeness (QED) is 0.318. The van der Waals surface area contributed by atoms with Crippen LogP contribution in [0.2, 0.25) is 0 Å². The number of benzene rings is 3. The van der Waals surface area contributed by atoms with Gasteiger partial charge in [0.1, 0.15) is 17.2 Å². The highest BCUT2D eigenvalue weighted by atomic mass is 16.5. The highest BCUT2D eigenvalue weighted by molar-refractivity contribution is 6.04. The molecule has 0 aromatic heterocycles. The largest absolute Gasteiger partial charge is 0.497 e. The first-order chi connectivity index (χ1) is 15.1. The van der Waals surface area contributed by atoms with Crippen molar-refractivity contribution in [2.24, 2.45) is 0 Å². The number of methoxy groups -OCH3 is 1. The Balaban J connectivity index is 1.54. The number of anilines is 1. The fraction of sp³-hybridized carbons (Fsp3) is 0.120. The molecule has 0 heterocycles. The molecule has 0 spiro atoms. The van der Waals surface area contributed by atoms with E-state index in [1.54, 1.807) is 61.7 Å². The van der Waals surface area contributed by atoms with Crippen molar-refractivity contribution < 1.29 is 23.8 Å². The summed E-state index contributed by atoms with van der Waals surface area (Å²) in [5.41, 5.74) is 1.95. The minimum atomic E-state index is -0.510. The Morgan fingerprint density at radius 3 is 2.06 bits per heavy atom. The summed E-state index contributed by atoms with van der Waals surface area (Å²) in [7, 11) is 1.58. The molecule has 1 amide bonds. The van der Waals surface area contributed by atoms with Crippen LogP contribution in [0.5, 0.6) is 17.2 Å². The van der Waals surface area contributed by atoms with Gasteiger partial charge in [0.15, 0.2) is 0 Å². The van der Waals surface area contributed by atoms with Crippen molar-refractivity contribution >= 4 is 23.6 Å². The Bertz CT molecular complexity index is 1040. The highest BCUT2D eigenvalue weighted by Gasteiger charge is 2.08. The van der Waals surface area contributed by atoms with Crippen LogP contribution in [-0.2, 0) is 4.79 Å². The minimum Gasteiger partial charge on any atom is -0.497 e. The van der Waals surface area contributed by atoms with Crippen molar-refractivity contribution in [2.75, 3.05) is 19.0 Å². The number of esters is 1. The number of rotatable bonds is 8. The first kappa shape index (κ1) is 21.6. The molecule has 3 rings (SSSR count). The first-order valence-electron chi connectivity index (χ1n) is 9.75. The Morgan fingerprint density at radius 1 is 0.839 bits per heavy atom. The molecule has 0 radical (unpaired) electrons. The van der Waals surface area contributed by atoms with Crippen LogP contribution >= 0.6 is 0 Å². The number of amides is 1. The van der Waals surface area contributed by atoms with Gasteiger partial charge in [-0.15, -0.1) is 0 Å². The van der Waals surface area contributed by atoms with E-state index in [2.05, 4.69) is 5.32 Å². The average molecular weight is 417 g/mol. The summed E-state index contributed by atoms with van der Waals surface area (Å²) in [5, 5.41) is 2.80. The molecule has 31 heavy (non-hydrogen) atoms. The lowest BCUT2D eigenvalue weighted by Crippen LogP contribution is -2.12. The van der Waals surface area contributed by atoms with Gasteiger partial charge >= 0.3 is 5.97 Å². The Hall–Kier alpha value is -4.06. The standard InChI is InChI=1S/C25H23NO5/c1-3-30-22-11-4-18(5-12-22)6-17-24(27)31-23-13-7-19(8-14-23)25(28)26-20-9-15-21(29-2)16-10-20/h4-17H,3H2,1-2H3,(H,26,28)/b17-6+. The van der Waals surface area contributed by atoms with Crippen LogP contribution in [0.15, 0.2) is 78.9 Å². The number of hydrogen-bond donors (Lipinski definition) is 1. The maximum atomic E-state index is 12.4. The zero-order valence-electron chi connectivity index (χ0n) is 17.3. The summed E-state index contributed by atoms with van der Waals surface area (Å²) in [5.74, 6) is 1.06. The Labute approximate surface area is 181 Å². The molecule has 3 aromatic rings. The van der Waals surface area contributed by atoms with Gasteiger partial charge in [-0.05, 0) is 79.2 Å². The van der Waals surface area contributed by atoms with E-state index in [0.717, 1.165) is 11.3 Å². The lowest BCUT2D eigenvalue weighted by molar-refractivity contribution is -0.128. The van der Waals surface area contributed by atoms with Crippen LogP contribution in [0.1, 0.15) is 22.8 Å². The van der Waals surface area contributed by atoms with Crippen LogP contribution in [-0.4, -0.2) is 25.6 Å². The molecule has 0 atom stereocenters. The van der Waals surface area contributed by atoms with Crippen molar-refractivity contribution in [1.82, 2.24) is 0 Å².